The molecule has 4 rings (SSSR count). The summed E-state index contributed by atoms with van der Waals surface area (Å²) in [6.45, 7) is 1.81. The number of benzene rings is 2. The number of nitrogens with zero attached hydrogens (tertiary/aromatic N) is 1. The molecule has 0 spiro atoms. The quantitative estimate of drug-likeness (QED) is 0.686. The van der Waals surface area contributed by atoms with Crippen LogP contribution in [0.3, 0.4) is 0 Å². The molecule has 2 heterocycles. The maximum Gasteiger partial charge on any atom is 0.224 e. The van der Waals surface area contributed by atoms with Gasteiger partial charge in [0.05, 0.1) is 6.10 Å². The number of aliphatic hydroxyl groups excluding tert-OH is 1. The lowest BCUT2D eigenvalue weighted by Crippen LogP contribution is -2.41. The second kappa shape index (κ2) is 9.46. The zero-order valence-electron chi connectivity index (χ0n) is 17.0. The standard InChI is InChI=1S/C24H28ClFN2O2/c25-21-15-22-17(6-9-24(30)27-22)14-20(21)23(29)10-12-28-11-2-1-3-19(28)13-16-4-7-18(26)8-5-16/h4-5,7-8,14-15,19,23,29H,1-3,6,9-13H2,(H,27,30). The van der Waals surface area contributed by atoms with E-state index in [2.05, 4.69) is 10.2 Å². The number of amides is 1. The summed E-state index contributed by atoms with van der Waals surface area (Å²) in [4.78, 5) is 14.0. The van der Waals surface area contributed by atoms with Crippen molar-refractivity contribution < 1.29 is 14.3 Å². The molecule has 2 aliphatic rings. The molecule has 6 heteroatoms. The molecule has 0 aromatic heterocycles. The van der Waals surface area contributed by atoms with Gasteiger partial charge in [-0.3, -0.25) is 9.69 Å². The van der Waals surface area contributed by atoms with Crippen LogP contribution in [0, 0.1) is 5.82 Å². The highest BCUT2D eigenvalue weighted by molar-refractivity contribution is 6.31. The average Bonchev–Trinajstić information content (AvgIpc) is 2.74. The Morgan fingerprint density at radius 2 is 2.00 bits per heavy atom. The minimum Gasteiger partial charge on any atom is -0.388 e. The molecule has 30 heavy (non-hydrogen) atoms. The molecule has 2 aromatic rings. The Bertz CT molecular complexity index is 903. The first-order valence-corrected chi connectivity index (χ1v) is 11.2. The Balaban J connectivity index is 1.40. The molecule has 1 fully saturated rings. The van der Waals surface area contributed by atoms with Gasteiger partial charge in [0.25, 0.3) is 0 Å². The van der Waals surface area contributed by atoms with Crippen molar-refractivity contribution in [2.75, 3.05) is 18.4 Å². The van der Waals surface area contributed by atoms with E-state index in [1.807, 2.05) is 18.2 Å². The van der Waals surface area contributed by atoms with E-state index in [1.54, 1.807) is 6.07 Å². The van der Waals surface area contributed by atoms with Crippen LogP contribution < -0.4 is 5.32 Å². The normalized spacial score (nSPS) is 20.5. The number of carbonyl (C=O) groups is 1. The summed E-state index contributed by atoms with van der Waals surface area (Å²) < 4.78 is 13.2. The smallest absolute Gasteiger partial charge is 0.224 e. The lowest BCUT2D eigenvalue weighted by atomic mass is 9.94. The molecular weight excluding hydrogens is 403 g/mol. The summed E-state index contributed by atoms with van der Waals surface area (Å²) in [6.07, 6.45) is 5.47. The van der Waals surface area contributed by atoms with Crippen LogP contribution in [-0.4, -0.2) is 35.0 Å². The van der Waals surface area contributed by atoms with E-state index in [0.29, 0.717) is 30.3 Å². The van der Waals surface area contributed by atoms with Gasteiger partial charge in [0.15, 0.2) is 0 Å². The third-order valence-electron chi connectivity index (χ3n) is 6.30. The number of nitrogens with one attached hydrogen (secondary N) is 1. The maximum absolute atomic E-state index is 13.2. The Morgan fingerprint density at radius 3 is 2.80 bits per heavy atom. The highest BCUT2D eigenvalue weighted by atomic mass is 35.5. The van der Waals surface area contributed by atoms with E-state index in [-0.39, 0.29) is 11.7 Å². The summed E-state index contributed by atoms with van der Waals surface area (Å²) in [5.74, 6) is -0.201. The summed E-state index contributed by atoms with van der Waals surface area (Å²) in [7, 11) is 0. The fourth-order valence-corrected chi connectivity index (χ4v) is 4.89. The van der Waals surface area contributed by atoms with Crippen LogP contribution >= 0.6 is 11.6 Å². The number of fused-ring (bicyclic) bond motifs is 1. The van der Waals surface area contributed by atoms with E-state index in [0.717, 1.165) is 54.7 Å². The number of piperidine rings is 1. The first-order chi connectivity index (χ1) is 14.5. The third kappa shape index (κ3) is 5.02. The van der Waals surface area contributed by atoms with E-state index < -0.39 is 6.10 Å². The number of likely N-dealkylation sites (tertiary alicyclic amines) is 1. The molecule has 0 bridgehead atoms. The van der Waals surface area contributed by atoms with Crippen molar-refractivity contribution >= 4 is 23.2 Å². The molecule has 2 atom stereocenters. The second-order valence-corrected chi connectivity index (χ2v) is 8.81. The lowest BCUT2D eigenvalue weighted by Gasteiger charge is -2.36. The average molecular weight is 431 g/mol. The third-order valence-corrected chi connectivity index (χ3v) is 6.63. The van der Waals surface area contributed by atoms with Gasteiger partial charge in [-0.25, -0.2) is 4.39 Å². The van der Waals surface area contributed by atoms with Gasteiger partial charge in [0.2, 0.25) is 5.91 Å². The molecule has 2 aliphatic heterocycles. The van der Waals surface area contributed by atoms with Gasteiger partial charge in [-0.05, 0) is 79.6 Å². The van der Waals surface area contributed by atoms with Crippen LogP contribution in [0.1, 0.15) is 54.9 Å². The van der Waals surface area contributed by atoms with Crippen LogP contribution in [0.4, 0.5) is 10.1 Å². The van der Waals surface area contributed by atoms with Crippen molar-refractivity contribution in [3.8, 4) is 0 Å². The number of hydrogen-bond acceptors (Lipinski definition) is 3. The Morgan fingerprint density at radius 1 is 1.20 bits per heavy atom. The monoisotopic (exact) mass is 430 g/mol. The van der Waals surface area contributed by atoms with Crippen molar-refractivity contribution in [2.45, 2.75) is 57.1 Å². The van der Waals surface area contributed by atoms with Gasteiger partial charge >= 0.3 is 0 Å². The van der Waals surface area contributed by atoms with Gasteiger partial charge in [0.1, 0.15) is 5.82 Å². The number of aryl methyl sites for hydroxylation is 1. The zero-order chi connectivity index (χ0) is 21.1. The molecule has 1 saturated heterocycles. The highest BCUT2D eigenvalue weighted by Gasteiger charge is 2.25. The van der Waals surface area contributed by atoms with Crippen LogP contribution in [0.15, 0.2) is 36.4 Å². The molecule has 0 radical (unpaired) electrons. The Labute approximate surface area is 182 Å². The fraction of sp³-hybridized carbons (Fsp3) is 0.458. The van der Waals surface area contributed by atoms with Crippen LogP contribution in [0.25, 0.3) is 0 Å². The molecule has 4 nitrogen and oxygen atoms in total. The molecule has 0 saturated carbocycles. The van der Waals surface area contributed by atoms with Gasteiger partial charge in [-0.1, -0.05) is 30.2 Å². The van der Waals surface area contributed by atoms with Crippen molar-refractivity contribution in [1.82, 2.24) is 4.90 Å². The number of carbonyl (C=O) groups excluding carboxylic acids is 1. The van der Waals surface area contributed by atoms with Gasteiger partial charge < -0.3 is 10.4 Å². The molecule has 2 aromatic carbocycles. The molecule has 1 amide bonds. The van der Waals surface area contributed by atoms with Crippen molar-refractivity contribution in [3.05, 3.63) is 63.9 Å². The second-order valence-electron chi connectivity index (χ2n) is 8.40. The molecule has 160 valence electrons. The number of hydrogen-bond donors (Lipinski definition) is 2. The van der Waals surface area contributed by atoms with Gasteiger partial charge in [-0.2, -0.15) is 0 Å². The number of anilines is 1. The van der Waals surface area contributed by atoms with Crippen LogP contribution in [0.5, 0.6) is 0 Å². The fourth-order valence-electron chi connectivity index (χ4n) is 4.60. The van der Waals surface area contributed by atoms with Gasteiger partial charge in [0, 0.05) is 29.7 Å². The first-order valence-electron chi connectivity index (χ1n) is 10.8. The zero-order valence-corrected chi connectivity index (χ0v) is 17.8. The van der Waals surface area contributed by atoms with Crippen molar-refractivity contribution in [2.24, 2.45) is 0 Å². The summed E-state index contributed by atoms with van der Waals surface area (Å²) in [5.41, 5.74) is 3.66. The van der Waals surface area contributed by atoms with Crippen molar-refractivity contribution in [3.63, 3.8) is 0 Å². The Kier molecular flexibility index (Phi) is 6.71. The van der Waals surface area contributed by atoms with Crippen LogP contribution in [-0.2, 0) is 17.6 Å². The van der Waals surface area contributed by atoms with E-state index in [9.17, 15) is 14.3 Å². The number of rotatable bonds is 6. The SMILES string of the molecule is O=C1CCc2cc(C(O)CCN3CCCCC3Cc3ccc(F)cc3)c(Cl)cc2N1. The summed E-state index contributed by atoms with van der Waals surface area (Å²) >= 11 is 6.42. The molecule has 2 N–H and O–H groups in total. The predicted octanol–water partition coefficient (Wildman–Crippen LogP) is 4.88. The molecule has 2 unspecified atom stereocenters. The molecular formula is C24H28ClFN2O2. The topological polar surface area (TPSA) is 52.6 Å². The van der Waals surface area contributed by atoms with Crippen LogP contribution in [0.2, 0.25) is 5.02 Å². The minimum absolute atomic E-state index is 0.00385. The maximum atomic E-state index is 13.2. The largest absolute Gasteiger partial charge is 0.388 e. The summed E-state index contributed by atoms with van der Waals surface area (Å²) in [5, 5.41) is 14.2. The lowest BCUT2D eigenvalue weighted by molar-refractivity contribution is -0.116. The summed E-state index contributed by atoms with van der Waals surface area (Å²) in [6, 6.07) is 10.9. The highest BCUT2D eigenvalue weighted by Crippen LogP contribution is 2.34. The number of halogens is 2. The molecule has 0 aliphatic carbocycles. The van der Waals surface area contributed by atoms with E-state index >= 15 is 0 Å². The van der Waals surface area contributed by atoms with E-state index in [1.165, 1.54) is 18.6 Å². The number of aliphatic hydroxyl groups is 1. The minimum atomic E-state index is -0.645. The first kappa shape index (κ1) is 21.3. The predicted molar refractivity (Wildman–Crippen MR) is 117 cm³/mol. The van der Waals surface area contributed by atoms with E-state index in [4.69, 9.17) is 11.6 Å². The van der Waals surface area contributed by atoms with Gasteiger partial charge in [-0.15, -0.1) is 0 Å². The Hall–Kier alpha value is -1.95. The van der Waals surface area contributed by atoms with Crippen molar-refractivity contribution in [1.29, 1.82) is 0 Å².